The van der Waals surface area contributed by atoms with E-state index in [2.05, 4.69) is 40.1 Å². The molecule has 0 unspecified atom stereocenters. The molecule has 0 atom stereocenters. The van der Waals surface area contributed by atoms with Gasteiger partial charge < -0.3 is 0 Å². The van der Waals surface area contributed by atoms with E-state index in [0.717, 1.165) is 11.3 Å². The summed E-state index contributed by atoms with van der Waals surface area (Å²) in [7, 11) is 0.0874. The minimum atomic E-state index is 0.0874. The third kappa shape index (κ3) is 3.01. The molecule has 0 aliphatic rings. The molecule has 0 aromatic carbocycles. The maximum absolute atomic E-state index is 3.83. The van der Waals surface area contributed by atoms with E-state index in [1.165, 1.54) is 0 Å². The summed E-state index contributed by atoms with van der Waals surface area (Å²) >= 11 is 0. The highest BCUT2D eigenvalue weighted by molar-refractivity contribution is 7.62. The Bertz CT molecular complexity index is 76.6. The summed E-state index contributed by atoms with van der Waals surface area (Å²) in [6.45, 7) is 12.9. The van der Waals surface area contributed by atoms with E-state index in [0.29, 0.717) is 0 Å². The Morgan fingerprint density at radius 2 is 1.44 bits per heavy atom. The van der Waals surface area contributed by atoms with Gasteiger partial charge in [-0.05, 0) is 11.3 Å². The molecule has 0 aliphatic carbocycles. The van der Waals surface area contributed by atoms with Crippen LogP contribution in [0.4, 0.5) is 0 Å². The van der Waals surface area contributed by atoms with Crippen molar-refractivity contribution in [1.29, 1.82) is 0 Å². The van der Waals surface area contributed by atoms with Gasteiger partial charge in [0, 0.05) is 0 Å². The predicted octanol–water partition coefficient (Wildman–Crippen LogP) is 3.43. The normalized spacial score (nSPS) is 11.4. The minimum Gasteiger partial charge on any atom is -0.0986 e. The van der Waals surface area contributed by atoms with Crippen molar-refractivity contribution in [2.45, 2.75) is 39.0 Å². The second kappa shape index (κ2) is 4.06. The van der Waals surface area contributed by atoms with E-state index in [1.807, 2.05) is 0 Å². The third-order valence-electron chi connectivity index (χ3n) is 1.40. The van der Waals surface area contributed by atoms with Crippen LogP contribution in [0, 0.1) is 0 Å². The summed E-state index contributed by atoms with van der Waals surface area (Å²) in [5.74, 6) is 2.13. The van der Waals surface area contributed by atoms with Gasteiger partial charge in [0.15, 0.2) is 0 Å². The number of rotatable bonds is 3. The monoisotopic (exact) mass is 144 g/mol. The predicted molar refractivity (Wildman–Crippen MR) is 47.4 cm³/mol. The lowest BCUT2D eigenvalue weighted by Gasteiger charge is -2.20. The van der Waals surface area contributed by atoms with Crippen molar-refractivity contribution in [3.8, 4) is 0 Å². The molecule has 0 aromatic rings. The first-order chi connectivity index (χ1) is 4.09. The highest BCUT2D eigenvalue weighted by Gasteiger charge is 2.11. The van der Waals surface area contributed by atoms with Crippen LogP contribution < -0.4 is 0 Å². The molecule has 0 bridgehead atoms. The average molecular weight is 144 g/mol. The van der Waals surface area contributed by atoms with Crippen LogP contribution >= 0.6 is 7.92 Å². The van der Waals surface area contributed by atoms with Gasteiger partial charge in [-0.3, -0.25) is 0 Å². The Balaban J connectivity index is 3.82. The van der Waals surface area contributed by atoms with Crippen LogP contribution in [0.25, 0.3) is 0 Å². The Morgan fingerprint density at radius 3 is 1.44 bits per heavy atom. The van der Waals surface area contributed by atoms with Crippen molar-refractivity contribution in [1.82, 2.24) is 0 Å². The van der Waals surface area contributed by atoms with Crippen molar-refractivity contribution in [3.63, 3.8) is 0 Å². The zero-order valence-electron chi connectivity index (χ0n) is 6.89. The fraction of sp³-hybridized carbons (Fsp3) is 0.750. The van der Waals surface area contributed by atoms with Crippen LogP contribution in [0.15, 0.2) is 12.4 Å². The Hall–Kier alpha value is 0.170. The molecule has 0 amide bonds. The zero-order valence-corrected chi connectivity index (χ0v) is 7.78. The van der Waals surface area contributed by atoms with Gasteiger partial charge in [-0.1, -0.05) is 48.0 Å². The SMILES string of the molecule is C=CP(C(C)C)C(C)C. The highest BCUT2D eigenvalue weighted by atomic mass is 31.1. The summed E-state index contributed by atoms with van der Waals surface area (Å²) in [5, 5.41) is 0. The smallest absolute Gasteiger partial charge is 0.0229 e. The number of hydrogen-bond donors (Lipinski definition) is 0. The molecule has 0 saturated carbocycles. The van der Waals surface area contributed by atoms with Gasteiger partial charge in [0.25, 0.3) is 0 Å². The van der Waals surface area contributed by atoms with Gasteiger partial charge in [0.1, 0.15) is 0 Å². The van der Waals surface area contributed by atoms with Crippen LogP contribution in [-0.4, -0.2) is 11.3 Å². The maximum atomic E-state index is 3.83. The average Bonchev–Trinajstić information content (AvgIpc) is 1.64. The van der Waals surface area contributed by atoms with Gasteiger partial charge in [-0.2, -0.15) is 0 Å². The molecular formula is C8H17P. The molecule has 0 spiro atoms. The topological polar surface area (TPSA) is 0 Å². The summed E-state index contributed by atoms with van der Waals surface area (Å²) in [6.07, 6.45) is 0. The summed E-state index contributed by atoms with van der Waals surface area (Å²) < 4.78 is 0. The van der Waals surface area contributed by atoms with Crippen molar-refractivity contribution < 1.29 is 0 Å². The van der Waals surface area contributed by atoms with Crippen LogP contribution in [0.2, 0.25) is 0 Å². The fourth-order valence-corrected chi connectivity index (χ4v) is 3.05. The molecule has 0 fully saturated rings. The van der Waals surface area contributed by atoms with E-state index in [4.69, 9.17) is 0 Å². The van der Waals surface area contributed by atoms with Crippen molar-refractivity contribution in [3.05, 3.63) is 12.4 Å². The van der Waals surface area contributed by atoms with Gasteiger partial charge in [-0.15, -0.1) is 0 Å². The molecule has 0 aliphatic heterocycles. The molecule has 0 nitrogen and oxygen atoms in total. The highest BCUT2D eigenvalue weighted by Crippen LogP contribution is 2.46. The molecule has 0 heterocycles. The third-order valence-corrected chi connectivity index (χ3v) is 4.21. The zero-order chi connectivity index (χ0) is 7.44. The van der Waals surface area contributed by atoms with Crippen molar-refractivity contribution in [2.75, 3.05) is 0 Å². The molecule has 0 aromatic heterocycles. The molecule has 54 valence electrons. The lowest BCUT2D eigenvalue weighted by atomic mass is 10.5. The molecule has 9 heavy (non-hydrogen) atoms. The van der Waals surface area contributed by atoms with Crippen LogP contribution in [-0.2, 0) is 0 Å². The van der Waals surface area contributed by atoms with Gasteiger partial charge in [0.2, 0.25) is 0 Å². The quantitative estimate of drug-likeness (QED) is 0.532. The minimum absolute atomic E-state index is 0.0874. The van der Waals surface area contributed by atoms with E-state index in [-0.39, 0.29) is 7.92 Å². The molecule has 0 N–H and O–H groups in total. The van der Waals surface area contributed by atoms with Crippen molar-refractivity contribution in [2.24, 2.45) is 0 Å². The lowest BCUT2D eigenvalue weighted by Crippen LogP contribution is -1.99. The Labute approximate surface area is 60.1 Å². The van der Waals surface area contributed by atoms with Gasteiger partial charge in [-0.25, -0.2) is 0 Å². The van der Waals surface area contributed by atoms with E-state index >= 15 is 0 Å². The Morgan fingerprint density at radius 1 is 1.11 bits per heavy atom. The fourth-order valence-electron chi connectivity index (χ4n) is 1.02. The second-order valence-electron chi connectivity index (χ2n) is 2.82. The van der Waals surface area contributed by atoms with Gasteiger partial charge >= 0.3 is 0 Å². The Kier molecular flexibility index (Phi) is 4.14. The number of hydrogen-bond acceptors (Lipinski definition) is 0. The van der Waals surface area contributed by atoms with Crippen LogP contribution in [0.3, 0.4) is 0 Å². The summed E-state index contributed by atoms with van der Waals surface area (Å²) in [5.41, 5.74) is 1.61. The summed E-state index contributed by atoms with van der Waals surface area (Å²) in [4.78, 5) is 0. The molecular weight excluding hydrogens is 127 g/mol. The van der Waals surface area contributed by atoms with E-state index < -0.39 is 0 Å². The van der Waals surface area contributed by atoms with Crippen molar-refractivity contribution >= 4 is 7.92 Å². The van der Waals surface area contributed by atoms with E-state index in [1.54, 1.807) is 0 Å². The maximum Gasteiger partial charge on any atom is -0.0229 e. The first kappa shape index (κ1) is 9.17. The second-order valence-corrected chi connectivity index (χ2v) is 6.14. The largest absolute Gasteiger partial charge is 0.0986 e. The first-order valence-corrected chi connectivity index (χ1v) is 5.04. The first-order valence-electron chi connectivity index (χ1n) is 3.49. The lowest BCUT2D eigenvalue weighted by molar-refractivity contribution is 1.02. The van der Waals surface area contributed by atoms with Crippen LogP contribution in [0.5, 0.6) is 0 Å². The molecule has 0 radical (unpaired) electrons. The van der Waals surface area contributed by atoms with Crippen LogP contribution in [0.1, 0.15) is 27.7 Å². The summed E-state index contributed by atoms with van der Waals surface area (Å²) in [6, 6.07) is 0. The van der Waals surface area contributed by atoms with E-state index in [9.17, 15) is 0 Å². The molecule has 0 saturated heterocycles. The molecule has 1 heteroatoms. The molecule has 0 rings (SSSR count). The standard InChI is InChI=1S/C8H17P/c1-6-9(7(2)3)8(4)5/h6-8H,1H2,2-5H3. The van der Waals surface area contributed by atoms with Gasteiger partial charge in [0.05, 0.1) is 0 Å².